The molecule has 1 aliphatic carbocycles. The third-order valence-corrected chi connectivity index (χ3v) is 6.35. The number of nitrogens with zero attached hydrogens (tertiary/aromatic N) is 3. The molecule has 0 spiro atoms. The Balaban J connectivity index is 1.47. The smallest absolute Gasteiger partial charge is 0.416 e. The lowest BCUT2D eigenvalue weighted by atomic mass is 9.95. The Bertz CT molecular complexity index is 1560. The number of nitrogen functional groups attached to an aromatic ring is 1. The lowest BCUT2D eigenvalue weighted by molar-refractivity contribution is -0.140. The first-order chi connectivity index (χ1) is 17.5. The Morgan fingerprint density at radius 1 is 1.05 bits per heavy atom. The van der Waals surface area contributed by atoms with E-state index in [0.29, 0.717) is 46.4 Å². The molecule has 0 bridgehead atoms. The van der Waals surface area contributed by atoms with E-state index in [2.05, 4.69) is 20.7 Å². The van der Waals surface area contributed by atoms with E-state index in [0.717, 1.165) is 12.1 Å². The van der Waals surface area contributed by atoms with Gasteiger partial charge in [0.25, 0.3) is 0 Å². The van der Waals surface area contributed by atoms with Crippen LogP contribution in [0.25, 0.3) is 22.2 Å². The van der Waals surface area contributed by atoms with Crippen LogP contribution in [-0.4, -0.2) is 31.9 Å². The molecule has 4 aromatic rings. The number of fused-ring (bicyclic) bond motifs is 1. The van der Waals surface area contributed by atoms with Gasteiger partial charge in [-0.3, -0.25) is 4.79 Å². The number of amides is 2. The van der Waals surface area contributed by atoms with Crippen molar-refractivity contribution in [2.45, 2.75) is 24.4 Å². The fraction of sp³-hybridized carbons (Fsp3) is 0.200. The van der Waals surface area contributed by atoms with Crippen molar-refractivity contribution in [3.63, 3.8) is 0 Å². The van der Waals surface area contributed by atoms with E-state index >= 15 is 0 Å². The number of aromatic nitrogens is 3. The maximum absolute atomic E-state index is 13.0. The number of aliphatic carboxylic acids is 1. The summed E-state index contributed by atoms with van der Waals surface area (Å²) < 4.78 is 40.4. The van der Waals surface area contributed by atoms with Gasteiger partial charge in [-0.15, -0.1) is 0 Å². The van der Waals surface area contributed by atoms with Crippen LogP contribution >= 0.6 is 0 Å². The summed E-state index contributed by atoms with van der Waals surface area (Å²) in [5, 5.41) is 19.6. The average molecular weight is 510 g/mol. The summed E-state index contributed by atoms with van der Waals surface area (Å²) in [4.78, 5) is 29.0. The third-order valence-electron chi connectivity index (χ3n) is 6.35. The lowest BCUT2D eigenvalue weighted by Crippen LogP contribution is -2.21. The fourth-order valence-corrected chi connectivity index (χ4v) is 4.29. The molecule has 1 fully saturated rings. The van der Waals surface area contributed by atoms with E-state index < -0.39 is 29.2 Å². The molecule has 2 aromatic carbocycles. The number of rotatable bonds is 5. The molecule has 12 heteroatoms. The molecule has 0 radical (unpaired) electrons. The molecule has 2 aromatic heterocycles. The molecule has 1 aliphatic rings. The normalized spacial score (nSPS) is 14.4. The molecular formula is C25H21F3N6O3. The Morgan fingerprint density at radius 2 is 1.70 bits per heavy atom. The number of nitrogens with two attached hydrogens (primary N) is 1. The van der Waals surface area contributed by atoms with Gasteiger partial charge in [-0.25, -0.2) is 14.5 Å². The monoisotopic (exact) mass is 510 g/mol. The van der Waals surface area contributed by atoms with E-state index in [1.54, 1.807) is 37.4 Å². The van der Waals surface area contributed by atoms with Gasteiger partial charge in [0.15, 0.2) is 11.5 Å². The molecular weight excluding hydrogens is 489 g/mol. The second kappa shape index (κ2) is 8.50. The third kappa shape index (κ3) is 4.41. The molecule has 0 aliphatic heterocycles. The number of anilines is 3. The second-order valence-corrected chi connectivity index (χ2v) is 8.89. The number of urea groups is 1. The summed E-state index contributed by atoms with van der Waals surface area (Å²) in [6.45, 7) is 0. The van der Waals surface area contributed by atoms with Crippen molar-refractivity contribution in [1.82, 2.24) is 14.8 Å². The maximum atomic E-state index is 13.0. The van der Waals surface area contributed by atoms with Gasteiger partial charge in [0, 0.05) is 18.4 Å². The van der Waals surface area contributed by atoms with E-state index in [1.165, 1.54) is 16.8 Å². The molecule has 0 unspecified atom stereocenters. The largest absolute Gasteiger partial charge is 0.481 e. The number of hydrogen-bond acceptors (Lipinski definition) is 5. The highest BCUT2D eigenvalue weighted by Crippen LogP contribution is 2.49. The highest BCUT2D eigenvalue weighted by atomic mass is 19.4. The predicted octanol–water partition coefficient (Wildman–Crippen LogP) is 5.00. The minimum Gasteiger partial charge on any atom is -0.481 e. The number of aryl methyl sites for hydroxylation is 1. The molecule has 2 heterocycles. The SMILES string of the molecule is Cn1nc(N)c2c(-c3cccc(NC(=O)Nc4cccc(C(F)(F)F)c4)c3)cc(C3(C(=O)O)CC3)nc21. The fourth-order valence-electron chi connectivity index (χ4n) is 4.29. The van der Waals surface area contributed by atoms with Gasteiger partial charge in [-0.1, -0.05) is 18.2 Å². The predicted molar refractivity (Wildman–Crippen MR) is 131 cm³/mol. The summed E-state index contributed by atoms with van der Waals surface area (Å²) >= 11 is 0. The molecule has 190 valence electrons. The standard InChI is InChI=1S/C25H21F3N6O3/c1-34-21-19(20(29)33-34)17(12-18(32-21)24(8-9-24)22(35)36)13-4-2-6-15(10-13)30-23(37)31-16-7-3-5-14(11-16)25(26,27)28/h2-7,10-12H,8-9H2,1H3,(H2,29,33)(H,35,36)(H2,30,31,37). The van der Waals surface area contributed by atoms with Crippen LogP contribution in [0.15, 0.2) is 54.6 Å². The number of carbonyl (C=O) groups is 2. The summed E-state index contributed by atoms with van der Waals surface area (Å²) in [5.74, 6) is -0.741. The summed E-state index contributed by atoms with van der Waals surface area (Å²) in [6, 6.07) is 12.0. The van der Waals surface area contributed by atoms with Gasteiger partial charge in [0.2, 0.25) is 0 Å². The van der Waals surface area contributed by atoms with Crippen LogP contribution in [0.4, 0.5) is 35.2 Å². The highest BCUT2D eigenvalue weighted by molar-refractivity contribution is 6.03. The van der Waals surface area contributed by atoms with Crippen LogP contribution in [0, 0.1) is 0 Å². The zero-order valence-electron chi connectivity index (χ0n) is 19.4. The van der Waals surface area contributed by atoms with Gasteiger partial charge >= 0.3 is 18.2 Å². The number of carboxylic acids is 1. The molecule has 5 N–H and O–H groups in total. The van der Waals surface area contributed by atoms with E-state index in [9.17, 15) is 27.9 Å². The number of halogens is 3. The number of benzene rings is 2. The minimum absolute atomic E-state index is 0.0181. The van der Waals surface area contributed by atoms with Gasteiger partial charge in [-0.05, 0) is 60.4 Å². The number of pyridine rings is 1. The molecule has 5 rings (SSSR count). The molecule has 0 atom stereocenters. The van der Waals surface area contributed by atoms with E-state index in [1.807, 2.05) is 0 Å². The van der Waals surface area contributed by atoms with Crippen LogP contribution in [0.1, 0.15) is 24.1 Å². The number of carbonyl (C=O) groups excluding carboxylic acids is 1. The summed E-state index contributed by atoms with van der Waals surface area (Å²) in [6.07, 6.45) is -3.61. The first-order valence-electron chi connectivity index (χ1n) is 11.2. The Kier molecular flexibility index (Phi) is 5.54. The van der Waals surface area contributed by atoms with Crippen LogP contribution in [0.5, 0.6) is 0 Å². The molecule has 0 saturated heterocycles. The number of carboxylic acid groups (broad SMARTS) is 1. The highest BCUT2D eigenvalue weighted by Gasteiger charge is 2.53. The lowest BCUT2D eigenvalue weighted by Gasteiger charge is -2.14. The van der Waals surface area contributed by atoms with Gasteiger partial charge in [0.1, 0.15) is 5.41 Å². The zero-order valence-corrected chi connectivity index (χ0v) is 19.4. The molecule has 2 amide bonds. The number of nitrogens with one attached hydrogen (secondary N) is 2. The van der Waals surface area contributed by atoms with Crippen molar-refractivity contribution in [2.24, 2.45) is 7.05 Å². The second-order valence-electron chi connectivity index (χ2n) is 8.89. The quantitative estimate of drug-likeness (QED) is 0.299. The summed E-state index contributed by atoms with van der Waals surface area (Å²) in [5.41, 5.74) is 6.58. The Labute approximate surface area is 208 Å². The first kappa shape index (κ1) is 24.1. The van der Waals surface area contributed by atoms with E-state index in [4.69, 9.17) is 5.73 Å². The van der Waals surface area contributed by atoms with Crippen molar-refractivity contribution in [2.75, 3.05) is 16.4 Å². The summed E-state index contributed by atoms with van der Waals surface area (Å²) in [7, 11) is 1.66. The van der Waals surface area contributed by atoms with Crippen molar-refractivity contribution < 1.29 is 27.9 Å². The van der Waals surface area contributed by atoms with Gasteiger partial charge in [0.05, 0.1) is 16.6 Å². The van der Waals surface area contributed by atoms with Crippen LogP contribution < -0.4 is 16.4 Å². The minimum atomic E-state index is -4.54. The number of alkyl halides is 3. The van der Waals surface area contributed by atoms with Crippen LogP contribution in [0.2, 0.25) is 0 Å². The Hall–Kier alpha value is -4.61. The van der Waals surface area contributed by atoms with Crippen molar-refractivity contribution >= 4 is 40.2 Å². The van der Waals surface area contributed by atoms with Gasteiger partial charge in [-0.2, -0.15) is 18.3 Å². The Morgan fingerprint density at radius 3 is 2.32 bits per heavy atom. The van der Waals surface area contributed by atoms with Crippen molar-refractivity contribution in [3.8, 4) is 11.1 Å². The maximum Gasteiger partial charge on any atom is 0.416 e. The van der Waals surface area contributed by atoms with E-state index in [-0.39, 0.29) is 11.5 Å². The molecule has 9 nitrogen and oxygen atoms in total. The van der Waals surface area contributed by atoms with Crippen LogP contribution in [0.3, 0.4) is 0 Å². The average Bonchev–Trinajstić information content (AvgIpc) is 3.60. The molecule has 1 saturated carbocycles. The van der Waals surface area contributed by atoms with Crippen molar-refractivity contribution in [3.05, 3.63) is 65.9 Å². The first-order valence-corrected chi connectivity index (χ1v) is 11.2. The molecule has 37 heavy (non-hydrogen) atoms. The number of hydrogen-bond donors (Lipinski definition) is 4. The van der Waals surface area contributed by atoms with Crippen LogP contribution in [-0.2, 0) is 23.4 Å². The van der Waals surface area contributed by atoms with Gasteiger partial charge < -0.3 is 21.5 Å². The topological polar surface area (TPSA) is 135 Å². The zero-order chi connectivity index (χ0) is 26.5. The van der Waals surface area contributed by atoms with Crippen molar-refractivity contribution in [1.29, 1.82) is 0 Å².